The van der Waals surface area contributed by atoms with Gasteiger partial charge in [-0.05, 0) is 13.8 Å². The summed E-state index contributed by atoms with van der Waals surface area (Å²) in [6.07, 6.45) is 3.10. The Hall–Kier alpha value is -1.30. The van der Waals surface area contributed by atoms with Gasteiger partial charge in [-0.1, -0.05) is 0 Å². The van der Waals surface area contributed by atoms with E-state index in [0.29, 0.717) is 11.7 Å². The predicted octanol–water partition coefficient (Wildman–Crippen LogP) is -0.0396. The molecule has 0 unspecified atom stereocenters. The van der Waals surface area contributed by atoms with Crippen LogP contribution in [0.5, 0.6) is 5.75 Å². The van der Waals surface area contributed by atoms with Crippen LogP contribution in [0.15, 0.2) is 12.4 Å². The standard InChI is InChI=1S/C8H14BN3O2/c1-3-12(4-2)8-10-5-7(6-11-8)14-9-13/h5-6,9,13H,3-4H2,1-2H3. The van der Waals surface area contributed by atoms with Crippen LogP contribution in [0, 0.1) is 0 Å². The van der Waals surface area contributed by atoms with E-state index in [4.69, 9.17) is 9.68 Å². The Morgan fingerprint density at radius 3 is 2.36 bits per heavy atom. The molecule has 0 fully saturated rings. The number of rotatable bonds is 5. The number of anilines is 1. The molecule has 0 radical (unpaired) electrons. The topological polar surface area (TPSA) is 58.5 Å². The maximum atomic E-state index is 8.50. The maximum absolute atomic E-state index is 8.50. The van der Waals surface area contributed by atoms with E-state index in [1.807, 2.05) is 18.7 Å². The van der Waals surface area contributed by atoms with Gasteiger partial charge < -0.3 is 14.6 Å². The van der Waals surface area contributed by atoms with Crippen LogP contribution in [0.25, 0.3) is 0 Å². The summed E-state index contributed by atoms with van der Waals surface area (Å²) < 4.78 is 4.82. The summed E-state index contributed by atoms with van der Waals surface area (Å²) in [5.41, 5.74) is 0. The van der Waals surface area contributed by atoms with Crippen LogP contribution >= 0.6 is 0 Å². The summed E-state index contributed by atoms with van der Waals surface area (Å²) in [6.45, 7) is 5.84. The highest BCUT2D eigenvalue weighted by Gasteiger charge is 2.04. The van der Waals surface area contributed by atoms with Gasteiger partial charge in [0.25, 0.3) is 0 Å². The van der Waals surface area contributed by atoms with Crippen LogP contribution in [0.3, 0.4) is 0 Å². The van der Waals surface area contributed by atoms with E-state index in [1.54, 1.807) is 12.4 Å². The first-order valence-electron chi connectivity index (χ1n) is 4.62. The predicted molar refractivity (Wildman–Crippen MR) is 55.6 cm³/mol. The highest BCUT2D eigenvalue weighted by atomic mass is 16.5. The zero-order valence-electron chi connectivity index (χ0n) is 8.47. The van der Waals surface area contributed by atoms with E-state index in [9.17, 15) is 0 Å². The van der Waals surface area contributed by atoms with Gasteiger partial charge in [-0.15, -0.1) is 0 Å². The molecule has 0 aliphatic heterocycles. The maximum Gasteiger partial charge on any atom is 0.504 e. The molecule has 0 spiro atoms. The van der Waals surface area contributed by atoms with Crippen molar-refractivity contribution < 1.29 is 9.68 Å². The Morgan fingerprint density at radius 1 is 1.36 bits per heavy atom. The van der Waals surface area contributed by atoms with Gasteiger partial charge in [0.15, 0.2) is 0 Å². The number of hydrogen-bond acceptors (Lipinski definition) is 5. The Kier molecular flexibility index (Phi) is 4.19. The summed E-state index contributed by atoms with van der Waals surface area (Å²) >= 11 is 0. The number of nitrogens with zero attached hydrogens (tertiary/aromatic N) is 3. The van der Waals surface area contributed by atoms with Crippen molar-refractivity contribution in [3.63, 3.8) is 0 Å². The highest BCUT2D eigenvalue weighted by Crippen LogP contribution is 2.10. The summed E-state index contributed by atoms with van der Waals surface area (Å²) in [7, 11) is -0.353. The van der Waals surface area contributed by atoms with Crippen LogP contribution in [-0.2, 0) is 0 Å². The molecule has 1 heterocycles. The molecule has 6 heteroatoms. The normalized spacial score (nSPS) is 9.64. The van der Waals surface area contributed by atoms with Gasteiger partial charge in [0.2, 0.25) is 5.95 Å². The number of aromatic nitrogens is 2. The van der Waals surface area contributed by atoms with Crippen LogP contribution in [0.4, 0.5) is 5.95 Å². The Labute approximate surface area is 84.1 Å². The third-order valence-corrected chi connectivity index (χ3v) is 1.89. The van der Waals surface area contributed by atoms with Crippen LogP contribution < -0.4 is 9.55 Å². The quantitative estimate of drug-likeness (QED) is 0.668. The van der Waals surface area contributed by atoms with E-state index in [1.165, 1.54) is 0 Å². The summed E-state index contributed by atoms with van der Waals surface area (Å²) in [5, 5.41) is 8.50. The second-order valence-electron chi connectivity index (χ2n) is 2.66. The van der Waals surface area contributed by atoms with Gasteiger partial charge in [-0.3, -0.25) is 0 Å². The summed E-state index contributed by atoms with van der Waals surface area (Å²) in [6, 6.07) is 0. The van der Waals surface area contributed by atoms with Crippen molar-refractivity contribution in [1.82, 2.24) is 9.97 Å². The minimum atomic E-state index is -0.353. The number of hydrogen-bond donors (Lipinski definition) is 1. The average molecular weight is 195 g/mol. The lowest BCUT2D eigenvalue weighted by Crippen LogP contribution is -2.24. The Bertz CT molecular complexity index is 264. The molecule has 0 amide bonds. The van der Waals surface area contributed by atoms with Crippen molar-refractivity contribution in [3.05, 3.63) is 12.4 Å². The molecule has 1 aromatic heterocycles. The molecule has 14 heavy (non-hydrogen) atoms. The molecular weight excluding hydrogens is 181 g/mol. The summed E-state index contributed by atoms with van der Waals surface area (Å²) in [4.78, 5) is 10.3. The highest BCUT2D eigenvalue weighted by molar-refractivity contribution is 6.17. The van der Waals surface area contributed by atoms with E-state index < -0.39 is 0 Å². The van der Waals surface area contributed by atoms with Gasteiger partial charge in [0.1, 0.15) is 5.75 Å². The van der Waals surface area contributed by atoms with Crippen molar-refractivity contribution in [3.8, 4) is 5.75 Å². The molecule has 1 rings (SSSR count). The largest absolute Gasteiger partial charge is 0.537 e. The minimum absolute atomic E-state index is 0.353. The van der Waals surface area contributed by atoms with Gasteiger partial charge in [0, 0.05) is 13.1 Å². The molecule has 1 N–H and O–H groups in total. The van der Waals surface area contributed by atoms with Gasteiger partial charge in [0.05, 0.1) is 12.4 Å². The molecule has 0 aliphatic carbocycles. The molecule has 1 aromatic rings. The Morgan fingerprint density at radius 2 is 1.93 bits per heavy atom. The van der Waals surface area contributed by atoms with Crippen molar-refractivity contribution in [2.75, 3.05) is 18.0 Å². The van der Waals surface area contributed by atoms with Gasteiger partial charge in [-0.2, -0.15) is 0 Å². The summed E-state index contributed by atoms with van der Waals surface area (Å²) in [5.74, 6) is 1.16. The van der Waals surface area contributed by atoms with Gasteiger partial charge >= 0.3 is 7.69 Å². The zero-order valence-corrected chi connectivity index (χ0v) is 8.47. The molecule has 76 valence electrons. The smallest absolute Gasteiger partial charge is 0.504 e. The first kappa shape index (κ1) is 10.8. The zero-order chi connectivity index (χ0) is 10.4. The van der Waals surface area contributed by atoms with E-state index >= 15 is 0 Å². The second-order valence-corrected chi connectivity index (χ2v) is 2.66. The van der Waals surface area contributed by atoms with Crippen LogP contribution in [-0.4, -0.2) is 35.8 Å². The first-order valence-corrected chi connectivity index (χ1v) is 4.62. The fourth-order valence-electron chi connectivity index (χ4n) is 1.13. The lowest BCUT2D eigenvalue weighted by molar-refractivity contribution is 0.451. The van der Waals surface area contributed by atoms with Crippen LogP contribution in [0.1, 0.15) is 13.8 Å². The first-order chi connectivity index (χ1) is 6.81. The minimum Gasteiger partial charge on any atom is -0.537 e. The Balaban J connectivity index is 2.71. The SMILES string of the molecule is CCN(CC)c1ncc(OBO)cn1. The molecule has 0 saturated carbocycles. The fourth-order valence-corrected chi connectivity index (χ4v) is 1.13. The third kappa shape index (κ3) is 2.60. The monoisotopic (exact) mass is 195 g/mol. The van der Waals surface area contributed by atoms with Crippen molar-refractivity contribution in [2.45, 2.75) is 13.8 Å². The van der Waals surface area contributed by atoms with E-state index in [-0.39, 0.29) is 7.69 Å². The molecule has 0 atom stereocenters. The molecule has 0 saturated heterocycles. The van der Waals surface area contributed by atoms with Crippen molar-refractivity contribution in [1.29, 1.82) is 0 Å². The molecule has 0 aliphatic rings. The van der Waals surface area contributed by atoms with Crippen molar-refractivity contribution >= 4 is 13.6 Å². The molecular formula is C8H14BN3O2. The van der Waals surface area contributed by atoms with E-state index in [0.717, 1.165) is 13.1 Å². The molecule has 0 aromatic carbocycles. The van der Waals surface area contributed by atoms with Crippen molar-refractivity contribution in [2.24, 2.45) is 0 Å². The van der Waals surface area contributed by atoms with Gasteiger partial charge in [-0.25, -0.2) is 9.97 Å². The molecule has 5 nitrogen and oxygen atoms in total. The fraction of sp³-hybridized carbons (Fsp3) is 0.500. The lowest BCUT2D eigenvalue weighted by atomic mass is 10.4. The third-order valence-electron chi connectivity index (χ3n) is 1.89. The average Bonchev–Trinajstić information content (AvgIpc) is 2.23. The van der Waals surface area contributed by atoms with Crippen LogP contribution in [0.2, 0.25) is 0 Å². The lowest BCUT2D eigenvalue weighted by Gasteiger charge is -2.17. The second kappa shape index (κ2) is 5.44. The van der Waals surface area contributed by atoms with E-state index in [2.05, 4.69) is 9.97 Å². The molecule has 0 bridgehead atoms.